The minimum atomic E-state index is -4.00. The molecule has 2 aromatic rings. The van der Waals surface area contributed by atoms with Gasteiger partial charge in [-0.3, -0.25) is 13.9 Å². The largest absolute Gasteiger partial charge is 0.357 e. The Morgan fingerprint density at radius 1 is 1.07 bits per heavy atom. The Kier molecular flexibility index (Phi) is 7.49. The van der Waals surface area contributed by atoms with Crippen LogP contribution in [0.5, 0.6) is 0 Å². The lowest BCUT2D eigenvalue weighted by Gasteiger charge is -2.31. The summed E-state index contributed by atoms with van der Waals surface area (Å²) in [6.07, 6.45) is 0.860. The molecule has 0 fully saturated rings. The molecular formula is C20H23F2N3O4S. The molecule has 0 saturated carbocycles. The van der Waals surface area contributed by atoms with Gasteiger partial charge in [0.25, 0.3) is 0 Å². The lowest BCUT2D eigenvalue weighted by Crippen LogP contribution is -2.50. The van der Waals surface area contributed by atoms with Crippen molar-refractivity contribution in [2.75, 3.05) is 24.2 Å². The molecule has 0 aromatic heterocycles. The highest BCUT2D eigenvalue weighted by atomic mass is 32.2. The summed E-state index contributed by atoms with van der Waals surface area (Å²) in [4.78, 5) is 26.4. The molecule has 2 amide bonds. The van der Waals surface area contributed by atoms with Gasteiger partial charge in [-0.2, -0.15) is 0 Å². The first-order chi connectivity index (χ1) is 14.0. The first kappa shape index (κ1) is 23.3. The predicted molar refractivity (Wildman–Crippen MR) is 109 cm³/mol. The first-order valence-electron chi connectivity index (χ1n) is 9.02. The van der Waals surface area contributed by atoms with Crippen LogP contribution in [-0.2, 0) is 26.2 Å². The third kappa shape index (κ3) is 5.76. The third-order valence-corrected chi connectivity index (χ3v) is 5.61. The Morgan fingerprint density at radius 2 is 1.67 bits per heavy atom. The fourth-order valence-corrected chi connectivity index (χ4v) is 3.68. The van der Waals surface area contributed by atoms with Gasteiger partial charge < -0.3 is 10.2 Å². The van der Waals surface area contributed by atoms with Crippen LogP contribution in [0.25, 0.3) is 0 Å². The van der Waals surface area contributed by atoms with E-state index >= 15 is 0 Å². The van der Waals surface area contributed by atoms with Crippen LogP contribution in [0.1, 0.15) is 12.5 Å². The van der Waals surface area contributed by atoms with Crippen LogP contribution in [0.3, 0.4) is 0 Å². The average Bonchev–Trinajstić information content (AvgIpc) is 2.70. The molecule has 0 aliphatic rings. The summed E-state index contributed by atoms with van der Waals surface area (Å²) in [5.74, 6) is -2.45. The summed E-state index contributed by atoms with van der Waals surface area (Å²) in [6, 6.07) is 9.57. The number of nitrogens with zero attached hydrogens (tertiary/aromatic N) is 2. The van der Waals surface area contributed by atoms with Crippen molar-refractivity contribution in [2.45, 2.75) is 19.5 Å². The van der Waals surface area contributed by atoms with Crippen LogP contribution < -0.4 is 9.62 Å². The topological polar surface area (TPSA) is 86.8 Å². The summed E-state index contributed by atoms with van der Waals surface area (Å²) in [7, 11) is -2.60. The number of nitrogens with one attached hydrogen (secondary N) is 1. The Labute approximate surface area is 174 Å². The summed E-state index contributed by atoms with van der Waals surface area (Å²) in [6.45, 7) is 0.707. The van der Waals surface area contributed by atoms with E-state index < -0.39 is 46.1 Å². The van der Waals surface area contributed by atoms with Gasteiger partial charge in [0.05, 0.1) is 11.9 Å². The Morgan fingerprint density at radius 3 is 2.20 bits per heavy atom. The number of anilines is 1. The third-order valence-electron chi connectivity index (χ3n) is 4.48. The second-order valence-corrected chi connectivity index (χ2v) is 8.57. The summed E-state index contributed by atoms with van der Waals surface area (Å²) in [5.41, 5.74) is 0.264. The van der Waals surface area contributed by atoms with Gasteiger partial charge in [-0.15, -0.1) is 0 Å². The standard InChI is InChI=1S/C20H23F2N3O4S/c1-14(20(27)23-2)24(12-15-8-10-16(21)11-9-15)19(26)13-25(30(3,28)29)18-7-5-4-6-17(18)22/h4-11,14H,12-13H2,1-3H3,(H,23,27)/t14-/m0/s1. The van der Waals surface area contributed by atoms with E-state index in [0.29, 0.717) is 9.87 Å². The van der Waals surface area contributed by atoms with Crippen molar-refractivity contribution < 1.29 is 26.8 Å². The monoisotopic (exact) mass is 439 g/mol. The minimum absolute atomic E-state index is 0.0669. The van der Waals surface area contributed by atoms with Crippen molar-refractivity contribution in [2.24, 2.45) is 0 Å². The van der Waals surface area contributed by atoms with Crippen molar-refractivity contribution in [1.82, 2.24) is 10.2 Å². The van der Waals surface area contributed by atoms with Crippen molar-refractivity contribution in [1.29, 1.82) is 0 Å². The van der Waals surface area contributed by atoms with E-state index in [-0.39, 0.29) is 12.2 Å². The van der Waals surface area contributed by atoms with Crippen LogP contribution >= 0.6 is 0 Å². The van der Waals surface area contributed by atoms with Crippen molar-refractivity contribution in [3.63, 3.8) is 0 Å². The number of likely N-dealkylation sites (N-methyl/N-ethyl adjacent to an activating group) is 1. The van der Waals surface area contributed by atoms with E-state index in [2.05, 4.69) is 5.32 Å². The van der Waals surface area contributed by atoms with Gasteiger partial charge in [0.2, 0.25) is 21.8 Å². The Balaban J connectivity index is 2.38. The van der Waals surface area contributed by atoms with Gasteiger partial charge in [-0.05, 0) is 36.8 Å². The number of sulfonamides is 1. The van der Waals surface area contributed by atoms with E-state index in [1.165, 1.54) is 56.4 Å². The zero-order valence-corrected chi connectivity index (χ0v) is 17.6. The number of rotatable bonds is 8. The fraction of sp³-hybridized carbons (Fsp3) is 0.300. The van der Waals surface area contributed by atoms with E-state index in [9.17, 15) is 26.8 Å². The summed E-state index contributed by atoms with van der Waals surface area (Å²) in [5, 5.41) is 2.43. The molecule has 30 heavy (non-hydrogen) atoms. The smallest absolute Gasteiger partial charge is 0.244 e. The zero-order chi connectivity index (χ0) is 22.5. The van der Waals surface area contributed by atoms with E-state index in [4.69, 9.17) is 0 Å². The number of hydrogen-bond donors (Lipinski definition) is 1. The lowest BCUT2D eigenvalue weighted by molar-refractivity contribution is -0.139. The number of carbonyl (C=O) groups excluding carboxylic acids is 2. The molecule has 2 aromatic carbocycles. The predicted octanol–water partition coefficient (Wildman–Crippen LogP) is 1.89. The molecule has 0 aliphatic carbocycles. The number of amides is 2. The molecule has 162 valence electrons. The lowest BCUT2D eigenvalue weighted by atomic mass is 10.1. The maximum atomic E-state index is 14.2. The number of halogens is 2. The average molecular weight is 439 g/mol. The normalized spacial score (nSPS) is 12.2. The van der Waals surface area contributed by atoms with Gasteiger partial charge in [-0.25, -0.2) is 17.2 Å². The van der Waals surface area contributed by atoms with Crippen molar-refractivity contribution >= 4 is 27.5 Å². The van der Waals surface area contributed by atoms with E-state index in [0.717, 1.165) is 17.2 Å². The van der Waals surface area contributed by atoms with Gasteiger partial charge in [0, 0.05) is 13.6 Å². The van der Waals surface area contributed by atoms with Gasteiger partial charge in [-0.1, -0.05) is 24.3 Å². The Bertz CT molecular complexity index is 1010. The molecule has 10 heteroatoms. The van der Waals surface area contributed by atoms with E-state index in [1.54, 1.807) is 0 Å². The molecule has 0 aliphatic heterocycles. The van der Waals surface area contributed by atoms with Gasteiger partial charge in [0.15, 0.2) is 0 Å². The number of para-hydroxylation sites is 1. The van der Waals surface area contributed by atoms with Gasteiger partial charge in [0.1, 0.15) is 24.2 Å². The van der Waals surface area contributed by atoms with Crippen LogP contribution in [-0.4, -0.2) is 51.0 Å². The van der Waals surface area contributed by atoms with Crippen molar-refractivity contribution in [3.05, 3.63) is 65.7 Å². The molecule has 0 radical (unpaired) electrons. The molecule has 7 nitrogen and oxygen atoms in total. The molecule has 0 saturated heterocycles. The van der Waals surface area contributed by atoms with Crippen LogP contribution in [0.2, 0.25) is 0 Å². The zero-order valence-electron chi connectivity index (χ0n) is 16.8. The maximum Gasteiger partial charge on any atom is 0.244 e. The minimum Gasteiger partial charge on any atom is -0.357 e. The van der Waals surface area contributed by atoms with Crippen molar-refractivity contribution in [3.8, 4) is 0 Å². The molecule has 0 bridgehead atoms. The first-order valence-corrected chi connectivity index (χ1v) is 10.9. The second kappa shape index (κ2) is 9.66. The molecular weight excluding hydrogens is 416 g/mol. The molecule has 0 unspecified atom stereocenters. The maximum absolute atomic E-state index is 14.2. The summed E-state index contributed by atoms with van der Waals surface area (Å²) < 4.78 is 52.6. The molecule has 2 rings (SSSR count). The number of hydrogen-bond acceptors (Lipinski definition) is 4. The molecule has 1 atom stereocenters. The highest BCUT2D eigenvalue weighted by Crippen LogP contribution is 2.22. The molecule has 0 spiro atoms. The van der Waals surface area contributed by atoms with Crippen LogP contribution in [0.4, 0.5) is 14.5 Å². The highest BCUT2D eigenvalue weighted by Gasteiger charge is 2.30. The second-order valence-electron chi connectivity index (χ2n) is 6.66. The van der Waals surface area contributed by atoms with Crippen LogP contribution in [0, 0.1) is 11.6 Å². The fourth-order valence-electron chi connectivity index (χ4n) is 2.83. The quantitative estimate of drug-likeness (QED) is 0.681. The molecule has 1 N–H and O–H groups in total. The SMILES string of the molecule is CNC(=O)[C@H](C)N(Cc1ccc(F)cc1)C(=O)CN(c1ccccc1F)S(C)(=O)=O. The van der Waals surface area contributed by atoms with E-state index in [1.807, 2.05) is 0 Å². The van der Waals surface area contributed by atoms with Gasteiger partial charge >= 0.3 is 0 Å². The van der Waals surface area contributed by atoms with Crippen LogP contribution in [0.15, 0.2) is 48.5 Å². The summed E-state index contributed by atoms with van der Waals surface area (Å²) >= 11 is 0. The Hall–Kier alpha value is -3.01. The number of benzene rings is 2. The number of carbonyl (C=O) groups is 2. The molecule has 0 heterocycles. The highest BCUT2D eigenvalue weighted by molar-refractivity contribution is 7.92.